The molecule has 0 bridgehead atoms. The zero-order valence-electron chi connectivity index (χ0n) is 10.6. The molecule has 0 aliphatic carbocycles. The molecule has 92 valence electrons. The predicted octanol–water partition coefficient (Wildman–Crippen LogP) is 1.80. The Balaban J connectivity index is 3.53. The fraction of sp³-hybridized carbons (Fsp3) is 1.00. The largest absolute Gasteiger partial charge is 0.395 e. The van der Waals surface area contributed by atoms with Crippen LogP contribution in [0.1, 0.15) is 40.5 Å². The molecule has 0 spiro atoms. The Bertz CT molecular complexity index is 140. The Kier molecular flexibility index (Phi) is 9.06. The summed E-state index contributed by atoms with van der Waals surface area (Å²) in [4.78, 5) is 0. The van der Waals surface area contributed by atoms with E-state index in [0.717, 1.165) is 26.0 Å². The van der Waals surface area contributed by atoms with Crippen LogP contribution in [0.15, 0.2) is 0 Å². The van der Waals surface area contributed by atoms with Gasteiger partial charge in [0, 0.05) is 12.6 Å². The van der Waals surface area contributed by atoms with E-state index in [0.29, 0.717) is 12.0 Å². The Morgan fingerprint density at radius 2 is 1.93 bits per heavy atom. The lowest BCUT2D eigenvalue weighted by molar-refractivity contribution is 0.0272. The first-order valence-electron chi connectivity index (χ1n) is 6.07. The van der Waals surface area contributed by atoms with Crippen molar-refractivity contribution in [3.8, 4) is 0 Å². The third-order valence-electron chi connectivity index (χ3n) is 2.69. The van der Waals surface area contributed by atoms with Gasteiger partial charge in [0.05, 0.1) is 12.7 Å². The van der Waals surface area contributed by atoms with Gasteiger partial charge in [0.25, 0.3) is 0 Å². The van der Waals surface area contributed by atoms with Crippen molar-refractivity contribution in [3.63, 3.8) is 0 Å². The minimum absolute atomic E-state index is 0.185. The summed E-state index contributed by atoms with van der Waals surface area (Å²) in [5.41, 5.74) is 0. The van der Waals surface area contributed by atoms with Gasteiger partial charge in [-0.25, -0.2) is 0 Å². The Labute approximate surface area is 94.2 Å². The minimum Gasteiger partial charge on any atom is -0.395 e. The summed E-state index contributed by atoms with van der Waals surface area (Å²) < 4.78 is 5.66. The van der Waals surface area contributed by atoms with Gasteiger partial charge in [-0.3, -0.25) is 0 Å². The highest BCUT2D eigenvalue weighted by molar-refractivity contribution is 4.65. The third-order valence-corrected chi connectivity index (χ3v) is 2.69. The summed E-state index contributed by atoms with van der Waals surface area (Å²) in [6.07, 6.45) is 2.28. The first kappa shape index (κ1) is 14.9. The lowest BCUT2D eigenvalue weighted by Crippen LogP contribution is -2.34. The highest BCUT2D eigenvalue weighted by Gasteiger charge is 2.09. The Morgan fingerprint density at radius 1 is 1.27 bits per heavy atom. The minimum atomic E-state index is 0.185. The van der Waals surface area contributed by atoms with E-state index in [1.165, 1.54) is 0 Å². The maximum absolute atomic E-state index is 9.11. The van der Waals surface area contributed by atoms with Crippen LogP contribution in [0.25, 0.3) is 0 Å². The molecule has 2 N–H and O–H groups in total. The SMILES string of the molecule is CCCNC(CO)CCOC(C)C(C)C. The van der Waals surface area contributed by atoms with Gasteiger partial charge < -0.3 is 15.2 Å². The second kappa shape index (κ2) is 9.13. The molecule has 0 fully saturated rings. The topological polar surface area (TPSA) is 41.5 Å². The number of hydrogen-bond donors (Lipinski definition) is 2. The number of aliphatic hydroxyl groups is 1. The molecule has 0 aromatic rings. The molecule has 3 nitrogen and oxygen atoms in total. The molecule has 2 atom stereocenters. The van der Waals surface area contributed by atoms with E-state index in [4.69, 9.17) is 9.84 Å². The van der Waals surface area contributed by atoms with Crippen molar-refractivity contribution in [1.82, 2.24) is 5.32 Å². The normalized spacial score (nSPS) is 15.6. The third kappa shape index (κ3) is 7.77. The van der Waals surface area contributed by atoms with Crippen LogP contribution in [-0.4, -0.2) is 37.0 Å². The fourth-order valence-electron chi connectivity index (χ4n) is 1.20. The van der Waals surface area contributed by atoms with E-state index in [2.05, 4.69) is 33.0 Å². The average Bonchev–Trinajstić information content (AvgIpc) is 2.22. The maximum Gasteiger partial charge on any atom is 0.0585 e. The van der Waals surface area contributed by atoms with Gasteiger partial charge in [0.2, 0.25) is 0 Å². The van der Waals surface area contributed by atoms with Gasteiger partial charge in [0.15, 0.2) is 0 Å². The van der Waals surface area contributed by atoms with Gasteiger partial charge in [-0.05, 0) is 32.2 Å². The van der Waals surface area contributed by atoms with Gasteiger partial charge in [-0.2, -0.15) is 0 Å². The van der Waals surface area contributed by atoms with E-state index in [1.54, 1.807) is 0 Å². The Hall–Kier alpha value is -0.120. The summed E-state index contributed by atoms with van der Waals surface area (Å²) >= 11 is 0. The quantitative estimate of drug-likeness (QED) is 0.619. The van der Waals surface area contributed by atoms with E-state index < -0.39 is 0 Å². The molecule has 0 aromatic carbocycles. The van der Waals surface area contributed by atoms with Crippen molar-refractivity contribution >= 4 is 0 Å². The monoisotopic (exact) mass is 217 g/mol. The maximum atomic E-state index is 9.11. The molecule has 0 rings (SSSR count). The first-order chi connectivity index (χ1) is 7.11. The van der Waals surface area contributed by atoms with Gasteiger partial charge in [-0.15, -0.1) is 0 Å². The molecule has 0 heterocycles. The van der Waals surface area contributed by atoms with Crippen molar-refractivity contribution in [2.24, 2.45) is 5.92 Å². The van der Waals surface area contributed by atoms with Gasteiger partial charge >= 0.3 is 0 Å². The summed E-state index contributed by atoms with van der Waals surface area (Å²) in [5.74, 6) is 0.557. The Morgan fingerprint density at radius 3 is 2.40 bits per heavy atom. The highest BCUT2D eigenvalue weighted by Crippen LogP contribution is 2.06. The van der Waals surface area contributed by atoms with Gasteiger partial charge in [-0.1, -0.05) is 20.8 Å². The fourth-order valence-corrected chi connectivity index (χ4v) is 1.20. The first-order valence-corrected chi connectivity index (χ1v) is 6.07. The van der Waals surface area contributed by atoms with Crippen molar-refractivity contribution in [3.05, 3.63) is 0 Å². The lowest BCUT2D eigenvalue weighted by atomic mass is 10.1. The molecule has 15 heavy (non-hydrogen) atoms. The average molecular weight is 217 g/mol. The van der Waals surface area contributed by atoms with E-state index >= 15 is 0 Å². The summed E-state index contributed by atoms with van der Waals surface area (Å²) in [7, 11) is 0. The van der Waals surface area contributed by atoms with E-state index in [1.807, 2.05) is 0 Å². The second-order valence-corrected chi connectivity index (χ2v) is 4.44. The summed E-state index contributed by atoms with van der Waals surface area (Å²) in [6.45, 7) is 10.4. The van der Waals surface area contributed by atoms with Crippen LogP contribution in [-0.2, 0) is 4.74 Å². The smallest absolute Gasteiger partial charge is 0.0585 e. The molecule has 0 radical (unpaired) electrons. The number of hydrogen-bond acceptors (Lipinski definition) is 3. The van der Waals surface area contributed by atoms with Crippen LogP contribution in [0.4, 0.5) is 0 Å². The van der Waals surface area contributed by atoms with Gasteiger partial charge in [0.1, 0.15) is 0 Å². The van der Waals surface area contributed by atoms with Crippen molar-refractivity contribution in [1.29, 1.82) is 0 Å². The lowest BCUT2D eigenvalue weighted by Gasteiger charge is -2.20. The van der Waals surface area contributed by atoms with Crippen LogP contribution in [0.5, 0.6) is 0 Å². The molecule has 0 aromatic heterocycles. The number of ether oxygens (including phenoxy) is 1. The number of rotatable bonds is 9. The zero-order valence-corrected chi connectivity index (χ0v) is 10.6. The van der Waals surface area contributed by atoms with E-state index in [-0.39, 0.29) is 12.6 Å². The molecule has 0 aliphatic heterocycles. The van der Waals surface area contributed by atoms with E-state index in [9.17, 15) is 0 Å². The highest BCUT2D eigenvalue weighted by atomic mass is 16.5. The zero-order chi connectivity index (χ0) is 11.7. The second-order valence-electron chi connectivity index (χ2n) is 4.44. The molecular weight excluding hydrogens is 190 g/mol. The van der Waals surface area contributed by atoms with Crippen molar-refractivity contribution < 1.29 is 9.84 Å². The molecule has 2 unspecified atom stereocenters. The molecule has 0 saturated heterocycles. The molecule has 0 amide bonds. The van der Waals surface area contributed by atoms with Crippen LogP contribution in [0.2, 0.25) is 0 Å². The summed E-state index contributed by atoms with van der Waals surface area (Å²) in [5, 5.41) is 12.4. The van der Waals surface area contributed by atoms with Crippen molar-refractivity contribution in [2.75, 3.05) is 19.8 Å². The number of aliphatic hydroxyl groups excluding tert-OH is 1. The molecule has 0 saturated carbocycles. The van der Waals surface area contributed by atoms with Crippen LogP contribution in [0.3, 0.4) is 0 Å². The summed E-state index contributed by atoms with van der Waals surface area (Å²) in [6, 6.07) is 0.185. The van der Waals surface area contributed by atoms with Crippen LogP contribution < -0.4 is 5.32 Å². The molecule has 0 aliphatic rings. The molecular formula is C12H27NO2. The van der Waals surface area contributed by atoms with Crippen LogP contribution in [0, 0.1) is 5.92 Å². The van der Waals surface area contributed by atoms with Crippen LogP contribution >= 0.6 is 0 Å². The predicted molar refractivity (Wildman–Crippen MR) is 64.0 cm³/mol. The standard InChI is InChI=1S/C12H27NO2/c1-5-7-13-12(9-14)6-8-15-11(4)10(2)3/h10-14H,5-9H2,1-4H3. The van der Waals surface area contributed by atoms with Crippen molar-refractivity contribution in [2.45, 2.75) is 52.7 Å². The molecule has 3 heteroatoms. The number of nitrogens with one attached hydrogen (secondary N) is 1.